The number of rotatable bonds is 6. The zero-order valence-corrected chi connectivity index (χ0v) is 16.4. The third-order valence-electron chi connectivity index (χ3n) is 4.08. The molecule has 0 fully saturated rings. The van der Waals surface area contributed by atoms with Gasteiger partial charge in [-0.05, 0) is 55.0 Å². The van der Waals surface area contributed by atoms with Crippen LogP contribution in [0.3, 0.4) is 0 Å². The van der Waals surface area contributed by atoms with Crippen LogP contribution in [-0.2, 0) is 4.79 Å². The van der Waals surface area contributed by atoms with Crippen LogP contribution in [0.2, 0.25) is 0 Å². The summed E-state index contributed by atoms with van der Waals surface area (Å²) < 4.78 is 5.29. The highest BCUT2D eigenvalue weighted by molar-refractivity contribution is 6.05. The second-order valence-electron chi connectivity index (χ2n) is 6.48. The number of pyridine rings is 1. The van der Waals surface area contributed by atoms with E-state index in [1.54, 1.807) is 31.4 Å². The Morgan fingerprint density at radius 3 is 2.45 bits per heavy atom. The molecule has 0 atom stereocenters. The summed E-state index contributed by atoms with van der Waals surface area (Å²) in [5.41, 5.74) is 3.50. The fraction of sp³-hybridized carbons (Fsp3) is 0.136. The van der Waals surface area contributed by atoms with Gasteiger partial charge in [-0.15, -0.1) is 0 Å². The van der Waals surface area contributed by atoms with Crippen molar-refractivity contribution in [3.05, 3.63) is 71.9 Å². The number of hydrogen-bond donors (Lipinski definition) is 3. The van der Waals surface area contributed by atoms with E-state index in [0.29, 0.717) is 28.5 Å². The van der Waals surface area contributed by atoms with Crippen molar-refractivity contribution >= 4 is 34.7 Å². The van der Waals surface area contributed by atoms with Gasteiger partial charge in [0.15, 0.2) is 0 Å². The summed E-state index contributed by atoms with van der Waals surface area (Å²) in [5, 5.41) is 8.72. The SMILES string of the molecule is COc1ccc(C)cc1NC(=O)c1ccc(Nc2cccc(NC(C)=O)c2)nc1. The van der Waals surface area contributed by atoms with Crippen LogP contribution in [0.15, 0.2) is 60.8 Å². The zero-order valence-electron chi connectivity index (χ0n) is 16.4. The van der Waals surface area contributed by atoms with Gasteiger partial charge in [-0.3, -0.25) is 9.59 Å². The van der Waals surface area contributed by atoms with Crippen molar-refractivity contribution in [3.8, 4) is 5.75 Å². The number of nitrogens with zero attached hydrogens (tertiary/aromatic N) is 1. The van der Waals surface area contributed by atoms with Crippen LogP contribution >= 0.6 is 0 Å². The van der Waals surface area contributed by atoms with Gasteiger partial charge in [0, 0.05) is 24.5 Å². The van der Waals surface area contributed by atoms with E-state index in [-0.39, 0.29) is 11.8 Å². The van der Waals surface area contributed by atoms with Crippen LogP contribution in [0.1, 0.15) is 22.8 Å². The van der Waals surface area contributed by atoms with Crippen molar-refractivity contribution in [2.24, 2.45) is 0 Å². The first kappa shape index (κ1) is 19.9. The number of nitrogens with one attached hydrogen (secondary N) is 3. The molecule has 0 aliphatic heterocycles. The fourth-order valence-corrected chi connectivity index (χ4v) is 2.74. The Morgan fingerprint density at radius 1 is 0.966 bits per heavy atom. The van der Waals surface area contributed by atoms with Crippen LogP contribution in [0.5, 0.6) is 5.75 Å². The van der Waals surface area contributed by atoms with Crippen LogP contribution in [-0.4, -0.2) is 23.9 Å². The lowest BCUT2D eigenvalue weighted by atomic mass is 10.2. The molecular formula is C22H22N4O3. The molecule has 1 aromatic heterocycles. The van der Waals surface area contributed by atoms with Crippen molar-refractivity contribution in [2.45, 2.75) is 13.8 Å². The number of anilines is 4. The summed E-state index contributed by atoms with van der Waals surface area (Å²) in [5.74, 6) is 0.755. The quantitative estimate of drug-likeness (QED) is 0.582. The minimum Gasteiger partial charge on any atom is -0.495 e. The number of carbonyl (C=O) groups excluding carboxylic acids is 2. The maximum absolute atomic E-state index is 12.5. The predicted molar refractivity (Wildman–Crippen MR) is 114 cm³/mol. The highest BCUT2D eigenvalue weighted by Crippen LogP contribution is 2.26. The Morgan fingerprint density at radius 2 is 1.76 bits per heavy atom. The summed E-state index contributed by atoms with van der Waals surface area (Å²) in [6.45, 7) is 3.40. The van der Waals surface area contributed by atoms with Gasteiger partial charge in [0.2, 0.25) is 5.91 Å². The lowest BCUT2D eigenvalue weighted by molar-refractivity contribution is -0.114. The molecule has 0 saturated carbocycles. The van der Waals surface area contributed by atoms with Gasteiger partial charge in [0.1, 0.15) is 11.6 Å². The molecule has 29 heavy (non-hydrogen) atoms. The molecule has 0 radical (unpaired) electrons. The second-order valence-corrected chi connectivity index (χ2v) is 6.48. The topological polar surface area (TPSA) is 92.4 Å². The molecule has 0 unspecified atom stereocenters. The van der Waals surface area contributed by atoms with Gasteiger partial charge in [0.05, 0.1) is 18.4 Å². The third-order valence-corrected chi connectivity index (χ3v) is 4.08. The molecule has 0 saturated heterocycles. The zero-order chi connectivity index (χ0) is 20.8. The Kier molecular flexibility index (Phi) is 6.09. The lowest BCUT2D eigenvalue weighted by Gasteiger charge is -2.11. The number of hydrogen-bond acceptors (Lipinski definition) is 5. The molecule has 3 rings (SSSR count). The molecule has 2 aromatic carbocycles. The Labute approximate surface area is 169 Å². The van der Waals surface area contributed by atoms with E-state index in [2.05, 4.69) is 20.9 Å². The van der Waals surface area contributed by atoms with Gasteiger partial charge in [0.25, 0.3) is 5.91 Å². The monoisotopic (exact) mass is 390 g/mol. The van der Waals surface area contributed by atoms with E-state index < -0.39 is 0 Å². The molecule has 3 aromatic rings. The lowest BCUT2D eigenvalue weighted by Crippen LogP contribution is -2.13. The molecule has 7 nitrogen and oxygen atoms in total. The average molecular weight is 390 g/mol. The number of ether oxygens (including phenoxy) is 1. The molecule has 3 N–H and O–H groups in total. The first-order chi connectivity index (χ1) is 13.9. The van der Waals surface area contributed by atoms with Crippen LogP contribution in [0.4, 0.5) is 22.9 Å². The normalized spacial score (nSPS) is 10.2. The van der Waals surface area contributed by atoms with Gasteiger partial charge < -0.3 is 20.7 Å². The number of amides is 2. The molecule has 0 aliphatic rings. The largest absolute Gasteiger partial charge is 0.495 e. The van der Waals surface area contributed by atoms with Crippen molar-refractivity contribution < 1.29 is 14.3 Å². The van der Waals surface area contributed by atoms with Crippen molar-refractivity contribution in [1.29, 1.82) is 0 Å². The highest BCUT2D eigenvalue weighted by atomic mass is 16.5. The summed E-state index contributed by atoms with van der Waals surface area (Å²) >= 11 is 0. The molecule has 0 spiro atoms. The predicted octanol–water partition coefficient (Wildman–Crippen LogP) is 4.35. The van der Waals surface area contributed by atoms with E-state index in [1.807, 2.05) is 37.3 Å². The van der Waals surface area contributed by atoms with E-state index in [4.69, 9.17) is 4.74 Å². The molecule has 0 bridgehead atoms. The van der Waals surface area contributed by atoms with Gasteiger partial charge in [-0.2, -0.15) is 0 Å². The Bertz CT molecular complexity index is 1030. The van der Waals surface area contributed by atoms with Crippen molar-refractivity contribution in [1.82, 2.24) is 4.98 Å². The standard InChI is InChI=1S/C22H22N4O3/c1-14-7-9-20(29-3)19(11-14)26-22(28)16-8-10-21(23-13-16)25-18-6-4-5-17(12-18)24-15(2)27/h4-13H,1-3H3,(H,23,25)(H,24,27)(H,26,28). The minimum atomic E-state index is -0.277. The van der Waals surface area contributed by atoms with Crippen LogP contribution < -0.4 is 20.7 Å². The van der Waals surface area contributed by atoms with Gasteiger partial charge in [-0.1, -0.05) is 12.1 Å². The summed E-state index contributed by atoms with van der Waals surface area (Å²) in [6, 6.07) is 16.3. The van der Waals surface area contributed by atoms with Crippen molar-refractivity contribution in [3.63, 3.8) is 0 Å². The molecular weight excluding hydrogens is 368 g/mol. The average Bonchev–Trinajstić information content (AvgIpc) is 2.68. The number of methoxy groups -OCH3 is 1. The van der Waals surface area contributed by atoms with E-state index in [1.165, 1.54) is 13.1 Å². The Balaban J connectivity index is 1.69. The van der Waals surface area contributed by atoms with Crippen LogP contribution in [0, 0.1) is 6.92 Å². The molecule has 148 valence electrons. The Hall–Kier alpha value is -3.87. The van der Waals surface area contributed by atoms with Crippen LogP contribution in [0.25, 0.3) is 0 Å². The number of aromatic nitrogens is 1. The fourth-order valence-electron chi connectivity index (χ4n) is 2.74. The first-order valence-electron chi connectivity index (χ1n) is 9.01. The van der Waals surface area contributed by atoms with E-state index in [0.717, 1.165) is 11.3 Å². The first-order valence-corrected chi connectivity index (χ1v) is 9.01. The van der Waals surface area contributed by atoms with E-state index in [9.17, 15) is 9.59 Å². The summed E-state index contributed by atoms with van der Waals surface area (Å²) in [4.78, 5) is 28.0. The van der Waals surface area contributed by atoms with E-state index >= 15 is 0 Å². The smallest absolute Gasteiger partial charge is 0.257 e. The molecule has 7 heteroatoms. The molecule has 2 amide bonds. The highest BCUT2D eigenvalue weighted by Gasteiger charge is 2.11. The second kappa shape index (κ2) is 8.88. The van der Waals surface area contributed by atoms with Gasteiger partial charge >= 0.3 is 0 Å². The number of carbonyl (C=O) groups is 2. The van der Waals surface area contributed by atoms with Gasteiger partial charge in [-0.25, -0.2) is 4.98 Å². The number of benzene rings is 2. The molecule has 0 aliphatic carbocycles. The summed E-state index contributed by atoms with van der Waals surface area (Å²) in [6.07, 6.45) is 1.50. The minimum absolute atomic E-state index is 0.138. The maximum Gasteiger partial charge on any atom is 0.257 e. The summed E-state index contributed by atoms with van der Waals surface area (Å²) in [7, 11) is 1.56. The van der Waals surface area contributed by atoms with Crippen molar-refractivity contribution in [2.75, 3.05) is 23.1 Å². The molecule has 1 heterocycles. The maximum atomic E-state index is 12.5. The number of aryl methyl sites for hydroxylation is 1. The third kappa shape index (κ3) is 5.32.